The van der Waals surface area contributed by atoms with Crippen molar-refractivity contribution in [2.75, 3.05) is 5.75 Å². The first kappa shape index (κ1) is 21.8. The summed E-state index contributed by atoms with van der Waals surface area (Å²) in [4.78, 5) is 55.2. The fourth-order valence-electron chi connectivity index (χ4n) is 3.71. The van der Waals surface area contributed by atoms with Gasteiger partial charge >= 0.3 is 5.97 Å². The number of fused-ring (bicyclic) bond motifs is 1. The summed E-state index contributed by atoms with van der Waals surface area (Å²) in [5, 5.41) is 4.99. The molecule has 2 aliphatic rings. The minimum Gasteiger partial charge on any atom is -0.455 e. The normalized spacial score (nSPS) is 25.2. The number of allylic oxidation sites excluding steroid dienone is 1. The van der Waals surface area contributed by atoms with Crippen LogP contribution >= 0.6 is 11.8 Å². The Hall–Kier alpha value is -2.94. The van der Waals surface area contributed by atoms with E-state index in [0.717, 1.165) is 10.5 Å². The quantitative estimate of drug-likeness (QED) is 0.418. The molecule has 1 aromatic carbocycles. The van der Waals surface area contributed by atoms with Crippen molar-refractivity contribution in [3.8, 4) is 0 Å². The molecule has 1 aliphatic carbocycles. The zero-order valence-electron chi connectivity index (χ0n) is 16.9. The average molecular weight is 429 g/mol. The molecular formula is C21H23N3O5S. The molecule has 8 nitrogen and oxygen atoms in total. The topological polar surface area (TPSA) is 114 Å². The van der Waals surface area contributed by atoms with Gasteiger partial charge in [-0.3, -0.25) is 29.8 Å². The van der Waals surface area contributed by atoms with Crippen molar-refractivity contribution >= 4 is 41.3 Å². The maximum absolute atomic E-state index is 13.6. The van der Waals surface area contributed by atoms with Gasteiger partial charge in [0.05, 0.1) is 11.7 Å². The van der Waals surface area contributed by atoms with Crippen molar-refractivity contribution in [1.29, 1.82) is 0 Å². The minimum absolute atomic E-state index is 0.0231. The van der Waals surface area contributed by atoms with Gasteiger partial charge in [0.1, 0.15) is 0 Å². The summed E-state index contributed by atoms with van der Waals surface area (Å²) in [7, 11) is 0. The number of nitrogens with one attached hydrogen (secondary N) is 2. The zero-order chi connectivity index (χ0) is 21.9. The highest BCUT2D eigenvalue weighted by Gasteiger charge is 2.59. The van der Waals surface area contributed by atoms with E-state index in [0.29, 0.717) is 6.42 Å². The van der Waals surface area contributed by atoms with Gasteiger partial charge in [-0.2, -0.15) is 0 Å². The predicted molar refractivity (Wildman–Crippen MR) is 112 cm³/mol. The number of rotatable bonds is 5. The Labute approximate surface area is 178 Å². The third-order valence-electron chi connectivity index (χ3n) is 4.93. The largest absolute Gasteiger partial charge is 0.455 e. The Morgan fingerprint density at radius 1 is 1.27 bits per heavy atom. The third kappa shape index (κ3) is 4.46. The molecule has 1 aliphatic heterocycles. The number of carbonyl (C=O) groups is 4. The Kier molecular flexibility index (Phi) is 6.40. The number of esters is 1. The molecule has 0 aromatic heterocycles. The van der Waals surface area contributed by atoms with Crippen LogP contribution in [0.1, 0.15) is 27.2 Å². The van der Waals surface area contributed by atoms with E-state index in [-0.39, 0.29) is 17.5 Å². The van der Waals surface area contributed by atoms with Gasteiger partial charge in [-0.1, -0.05) is 23.8 Å². The van der Waals surface area contributed by atoms with Crippen molar-refractivity contribution in [2.45, 2.75) is 43.7 Å². The lowest BCUT2D eigenvalue weighted by molar-refractivity contribution is -0.154. The van der Waals surface area contributed by atoms with Crippen LogP contribution in [0.25, 0.3) is 0 Å². The molecule has 1 aromatic rings. The molecule has 0 bridgehead atoms. The zero-order valence-corrected chi connectivity index (χ0v) is 17.7. The predicted octanol–water partition coefficient (Wildman–Crippen LogP) is 1.61. The number of amides is 2. The van der Waals surface area contributed by atoms with E-state index in [1.807, 2.05) is 37.3 Å². The molecule has 0 spiro atoms. The van der Waals surface area contributed by atoms with Gasteiger partial charge in [0.25, 0.3) is 0 Å². The molecule has 0 saturated carbocycles. The van der Waals surface area contributed by atoms with Gasteiger partial charge in [0.2, 0.25) is 17.8 Å². The lowest BCUT2D eigenvalue weighted by Gasteiger charge is -2.45. The number of guanidine groups is 1. The number of hydrogen-bond acceptors (Lipinski definition) is 7. The van der Waals surface area contributed by atoms with Crippen LogP contribution in [0.5, 0.6) is 0 Å². The van der Waals surface area contributed by atoms with Crippen molar-refractivity contribution in [1.82, 2.24) is 10.6 Å². The second-order valence-corrected chi connectivity index (χ2v) is 8.33. The smallest absolute Gasteiger partial charge is 0.303 e. The van der Waals surface area contributed by atoms with Crippen molar-refractivity contribution in [2.24, 2.45) is 10.9 Å². The van der Waals surface area contributed by atoms with E-state index < -0.39 is 35.3 Å². The molecule has 2 amide bonds. The number of thioether (sulfide) groups is 1. The number of ketones is 1. The average Bonchev–Trinajstić information content (AvgIpc) is 2.67. The summed E-state index contributed by atoms with van der Waals surface area (Å²) < 4.78 is 5.46. The lowest BCUT2D eigenvalue weighted by Crippen LogP contribution is -2.66. The van der Waals surface area contributed by atoms with Gasteiger partial charge in [-0.05, 0) is 31.6 Å². The Morgan fingerprint density at radius 3 is 2.60 bits per heavy atom. The minimum atomic E-state index is -1.65. The molecule has 3 rings (SSSR count). The molecule has 1 heterocycles. The first-order valence-corrected chi connectivity index (χ1v) is 10.4. The maximum Gasteiger partial charge on any atom is 0.303 e. The number of carbonyl (C=O) groups excluding carboxylic acids is 4. The van der Waals surface area contributed by atoms with Crippen molar-refractivity contribution in [3.05, 3.63) is 42.0 Å². The van der Waals surface area contributed by atoms with Crippen LogP contribution in [-0.2, 0) is 23.9 Å². The van der Waals surface area contributed by atoms with Gasteiger partial charge in [0, 0.05) is 18.7 Å². The Bertz CT molecular complexity index is 943. The molecule has 0 unspecified atom stereocenters. The number of aliphatic imine (C=N–C) groups is 1. The summed E-state index contributed by atoms with van der Waals surface area (Å²) in [6.07, 6.45) is 0.908. The molecular weight excluding hydrogens is 406 g/mol. The maximum atomic E-state index is 13.6. The molecule has 3 atom stereocenters. The summed E-state index contributed by atoms with van der Waals surface area (Å²) in [6.45, 7) is 4.32. The molecule has 0 saturated heterocycles. The van der Waals surface area contributed by atoms with Crippen LogP contribution in [0.2, 0.25) is 0 Å². The summed E-state index contributed by atoms with van der Waals surface area (Å²) in [5.74, 6) is -2.78. The molecule has 0 radical (unpaired) electrons. The van der Waals surface area contributed by atoms with E-state index in [2.05, 4.69) is 15.6 Å². The monoisotopic (exact) mass is 429 g/mol. The van der Waals surface area contributed by atoms with E-state index in [1.54, 1.807) is 6.08 Å². The molecule has 30 heavy (non-hydrogen) atoms. The molecule has 158 valence electrons. The summed E-state index contributed by atoms with van der Waals surface area (Å²) in [6, 6.07) is 9.36. The van der Waals surface area contributed by atoms with Crippen LogP contribution in [0.15, 0.2) is 51.9 Å². The third-order valence-corrected chi connectivity index (χ3v) is 5.94. The van der Waals surface area contributed by atoms with E-state index in [4.69, 9.17) is 4.74 Å². The Morgan fingerprint density at radius 2 is 1.97 bits per heavy atom. The summed E-state index contributed by atoms with van der Waals surface area (Å²) in [5.41, 5.74) is -0.828. The van der Waals surface area contributed by atoms with E-state index >= 15 is 0 Å². The van der Waals surface area contributed by atoms with Crippen LogP contribution < -0.4 is 10.6 Å². The molecule has 0 fully saturated rings. The second kappa shape index (κ2) is 8.83. The Balaban J connectivity index is 2.05. The SMILES string of the molecule is CC(=O)NC1=N[C@]2(C(=O)CSc3ccccc3)[C@@H](OC(C)=O)C=C(C)C[C@@H]2C(=O)N1. The highest BCUT2D eigenvalue weighted by Crippen LogP contribution is 2.42. The number of benzene rings is 1. The first-order chi connectivity index (χ1) is 14.2. The number of nitrogens with zero attached hydrogens (tertiary/aromatic N) is 1. The lowest BCUT2D eigenvalue weighted by atomic mass is 9.68. The van der Waals surface area contributed by atoms with Gasteiger partial charge < -0.3 is 4.74 Å². The van der Waals surface area contributed by atoms with Crippen molar-refractivity contribution in [3.63, 3.8) is 0 Å². The fraction of sp³-hybridized carbons (Fsp3) is 0.381. The molecule has 9 heteroatoms. The number of Topliss-reactive ketones (excluding diaryl/α,β-unsaturated/α-hetero) is 1. The number of ether oxygens (including phenoxy) is 1. The number of hydrogen-bond donors (Lipinski definition) is 2. The van der Waals surface area contributed by atoms with Crippen molar-refractivity contribution < 1.29 is 23.9 Å². The highest BCUT2D eigenvalue weighted by molar-refractivity contribution is 8.00. The van der Waals surface area contributed by atoms with Crippen LogP contribution in [0.4, 0.5) is 0 Å². The van der Waals surface area contributed by atoms with Gasteiger partial charge in [0.15, 0.2) is 17.4 Å². The summed E-state index contributed by atoms with van der Waals surface area (Å²) >= 11 is 1.31. The standard InChI is InChI=1S/C21H23N3O5S/c1-12-9-16-19(28)23-20(22-13(2)25)24-21(16,18(10-12)29-14(3)26)17(27)11-30-15-7-5-4-6-8-15/h4-8,10,16,18H,9,11H2,1-3H3,(H2,22,23,24,25,28)/t16-,18+,21-/m1/s1. The second-order valence-electron chi connectivity index (χ2n) is 7.28. The van der Waals surface area contributed by atoms with E-state index in [9.17, 15) is 19.2 Å². The van der Waals surface area contributed by atoms with Gasteiger partial charge in [-0.25, -0.2) is 4.99 Å². The van der Waals surface area contributed by atoms with E-state index in [1.165, 1.54) is 25.6 Å². The fourth-order valence-corrected chi connectivity index (χ4v) is 4.58. The highest BCUT2D eigenvalue weighted by atomic mass is 32.2. The first-order valence-electron chi connectivity index (χ1n) is 9.46. The molecule has 2 N–H and O–H groups in total. The van der Waals surface area contributed by atoms with Gasteiger partial charge in [-0.15, -0.1) is 11.8 Å². The van der Waals surface area contributed by atoms with Crippen LogP contribution in [0, 0.1) is 5.92 Å². The van der Waals surface area contributed by atoms with Crippen LogP contribution in [-0.4, -0.2) is 46.9 Å². The van der Waals surface area contributed by atoms with Crippen LogP contribution in [0.3, 0.4) is 0 Å².